The van der Waals surface area contributed by atoms with Crippen LogP contribution in [0.25, 0.3) is 0 Å². The molecule has 80 valence electrons. The fourth-order valence-corrected chi connectivity index (χ4v) is 2.64. The van der Waals surface area contributed by atoms with Crippen LogP contribution in [0, 0.1) is 6.92 Å². The van der Waals surface area contributed by atoms with Crippen molar-refractivity contribution >= 4 is 0 Å². The highest BCUT2D eigenvalue weighted by atomic mass is 15.0. The summed E-state index contributed by atoms with van der Waals surface area (Å²) in [5.41, 5.74) is 3.04. The second-order valence-electron chi connectivity index (χ2n) is 5.16. The van der Waals surface area contributed by atoms with Gasteiger partial charge in [-0.3, -0.25) is 0 Å². The second kappa shape index (κ2) is 3.64. The largest absolute Gasteiger partial charge is 0.311 e. The van der Waals surface area contributed by atoms with E-state index in [1.807, 2.05) is 0 Å². The predicted octanol–water partition coefficient (Wildman–Crippen LogP) is 2.99. The van der Waals surface area contributed by atoms with E-state index in [1.54, 1.807) is 5.56 Å². The van der Waals surface area contributed by atoms with Gasteiger partial charge in [0.05, 0.1) is 0 Å². The highest BCUT2D eigenvalue weighted by molar-refractivity contribution is 5.31. The van der Waals surface area contributed by atoms with Crippen LogP contribution < -0.4 is 5.32 Å². The second-order valence-corrected chi connectivity index (χ2v) is 5.16. The summed E-state index contributed by atoms with van der Waals surface area (Å²) in [5, 5.41) is 3.71. The van der Waals surface area contributed by atoms with Crippen molar-refractivity contribution in [2.24, 2.45) is 0 Å². The molecule has 0 unspecified atom stereocenters. The zero-order chi connectivity index (χ0) is 10.3. The third-order valence-electron chi connectivity index (χ3n) is 3.82. The quantitative estimate of drug-likeness (QED) is 0.792. The molecule has 0 radical (unpaired) electrons. The van der Waals surface area contributed by atoms with Crippen LogP contribution in [0.3, 0.4) is 0 Å². The van der Waals surface area contributed by atoms with Crippen LogP contribution in [0.15, 0.2) is 24.3 Å². The Bertz CT molecular complexity index is 348. The highest BCUT2D eigenvalue weighted by Crippen LogP contribution is 2.39. The molecule has 0 aromatic heterocycles. The van der Waals surface area contributed by atoms with Gasteiger partial charge in [0.2, 0.25) is 0 Å². The van der Waals surface area contributed by atoms with E-state index >= 15 is 0 Å². The first-order valence-electron chi connectivity index (χ1n) is 6.14. The first-order valence-corrected chi connectivity index (χ1v) is 6.14. The van der Waals surface area contributed by atoms with Gasteiger partial charge in [-0.25, -0.2) is 0 Å². The third-order valence-corrected chi connectivity index (χ3v) is 3.82. The summed E-state index contributed by atoms with van der Waals surface area (Å²) >= 11 is 0. The summed E-state index contributed by atoms with van der Waals surface area (Å²) in [5.74, 6) is 0.822. The lowest BCUT2D eigenvalue weighted by molar-refractivity contribution is 0.288. The van der Waals surface area contributed by atoms with Gasteiger partial charge in [0.15, 0.2) is 0 Å². The molecule has 2 fully saturated rings. The molecule has 0 atom stereocenters. The normalized spacial score (nSPS) is 29.9. The lowest BCUT2D eigenvalue weighted by Gasteiger charge is -2.37. The van der Waals surface area contributed by atoms with E-state index in [9.17, 15) is 0 Å². The fraction of sp³-hybridized carbons (Fsp3) is 0.571. The van der Waals surface area contributed by atoms with Crippen molar-refractivity contribution in [3.63, 3.8) is 0 Å². The molecule has 1 nitrogen and oxygen atoms in total. The number of rotatable bonds is 3. The Morgan fingerprint density at radius 2 is 1.80 bits per heavy atom. The zero-order valence-corrected chi connectivity index (χ0v) is 9.37. The zero-order valence-electron chi connectivity index (χ0n) is 9.37. The lowest BCUT2D eigenvalue weighted by atomic mass is 9.74. The Morgan fingerprint density at radius 3 is 2.47 bits per heavy atom. The first-order chi connectivity index (χ1) is 7.33. The van der Waals surface area contributed by atoms with Crippen molar-refractivity contribution in [3.8, 4) is 0 Å². The number of nitrogens with one attached hydrogen (secondary N) is 1. The maximum Gasteiger partial charge on any atom is 0.00813 e. The van der Waals surface area contributed by atoms with Gasteiger partial charge in [0, 0.05) is 12.1 Å². The van der Waals surface area contributed by atoms with E-state index in [2.05, 4.69) is 36.5 Å². The summed E-state index contributed by atoms with van der Waals surface area (Å²) in [6.07, 6.45) is 5.51. The van der Waals surface area contributed by atoms with Crippen molar-refractivity contribution in [3.05, 3.63) is 35.4 Å². The van der Waals surface area contributed by atoms with E-state index < -0.39 is 0 Å². The van der Waals surface area contributed by atoms with Gasteiger partial charge < -0.3 is 5.32 Å². The maximum absolute atomic E-state index is 3.71. The van der Waals surface area contributed by atoms with Gasteiger partial charge in [-0.15, -0.1) is 0 Å². The van der Waals surface area contributed by atoms with Crippen LogP contribution in [0.5, 0.6) is 0 Å². The van der Waals surface area contributed by atoms with Crippen molar-refractivity contribution in [2.75, 3.05) is 0 Å². The number of aryl methyl sites for hydroxylation is 1. The molecule has 0 heterocycles. The molecule has 1 aromatic rings. The van der Waals surface area contributed by atoms with Gasteiger partial charge in [-0.2, -0.15) is 0 Å². The average Bonchev–Trinajstić information content (AvgIpc) is 2.96. The van der Waals surface area contributed by atoms with E-state index in [0.29, 0.717) is 0 Å². The number of benzene rings is 1. The van der Waals surface area contributed by atoms with Gasteiger partial charge in [0.25, 0.3) is 0 Å². The minimum Gasteiger partial charge on any atom is -0.311 e. The molecule has 0 bridgehead atoms. The monoisotopic (exact) mass is 201 g/mol. The Kier molecular flexibility index (Phi) is 2.28. The number of hydrogen-bond acceptors (Lipinski definition) is 1. The van der Waals surface area contributed by atoms with Crippen LogP contribution in [-0.2, 0) is 0 Å². The van der Waals surface area contributed by atoms with Crippen LogP contribution in [-0.4, -0.2) is 12.1 Å². The predicted molar refractivity (Wildman–Crippen MR) is 63.1 cm³/mol. The smallest absolute Gasteiger partial charge is 0.00813 e. The summed E-state index contributed by atoms with van der Waals surface area (Å²) in [4.78, 5) is 0. The Hall–Kier alpha value is -0.820. The molecule has 2 saturated carbocycles. The molecule has 0 saturated heterocycles. The summed E-state index contributed by atoms with van der Waals surface area (Å²) in [7, 11) is 0. The van der Waals surface area contributed by atoms with Crippen molar-refractivity contribution in [2.45, 2.75) is 50.6 Å². The van der Waals surface area contributed by atoms with Gasteiger partial charge in [-0.1, -0.05) is 24.3 Å². The first kappa shape index (κ1) is 9.41. The highest BCUT2D eigenvalue weighted by Gasteiger charge is 2.34. The third kappa shape index (κ3) is 1.93. The van der Waals surface area contributed by atoms with E-state index in [1.165, 1.54) is 31.2 Å². The van der Waals surface area contributed by atoms with Crippen LogP contribution in [0.1, 0.15) is 42.7 Å². The molecule has 2 aliphatic rings. The molecule has 1 N–H and O–H groups in total. The SMILES string of the molecule is Cc1ccccc1C1CC(NC2CC2)C1. The summed E-state index contributed by atoms with van der Waals surface area (Å²) in [6.45, 7) is 2.23. The van der Waals surface area contributed by atoms with Gasteiger partial charge in [0.1, 0.15) is 0 Å². The molecule has 1 aromatic carbocycles. The van der Waals surface area contributed by atoms with Crippen molar-refractivity contribution < 1.29 is 0 Å². The van der Waals surface area contributed by atoms with Gasteiger partial charge >= 0.3 is 0 Å². The fourth-order valence-electron chi connectivity index (χ4n) is 2.64. The van der Waals surface area contributed by atoms with Crippen molar-refractivity contribution in [1.82, 2.24) is 5.32 Å². The molecular weight excluding hydrogens is 182 g/mol. The minimum atomic E-state index is 0.808. The van der Waals surface area contributed by atoms with Crippen LogP contribution in [0.2, 0.25) is 0 Å². The lowest BCUT2D eigenvalue weighted by Crippen LogP contribution is -2.41. The van der Waals surface area contributed by atoms with Crippen LogP contribution in [0.4, 0.5) is 0 Å². The minimum absolute atomic E-state index is 0.808. The Labute approximate surface area is 91.9 Å². The van der Waals surface area contributed by atoms with E-state index in [0.717, 1.165) is 18.0 Å². The topological polar surface area (TPSA) is 12.0 Å². The molecule has 1 heteroatoms. The summed E-state index contributed by atoms with van der Waals surface area (Å²) < 4.78 is 0. The van der Waals surface area contributed by atoms with E-state index in [-0.39, 0.29) is 0 Å². The molecule has 15 heavy (non-hydrogen) atoms. The Morgan fingerprint density at radius 1 is 1.07 bits per heavy atom. The molecule has 2 aliphatic carbocycles. The molecular formula is C14H19N. The van der Waals surface area contributed by atoms with E-state index in [4.69, 9.17) is 0 Å². The molecule has 0 aliphatic heterocycles. The standard InChI is InChI=1S/C14H19N/c1-10-4-2-3-5-14(10)11-8-13(9-11)15-12-6-7-12/h2-5,11-13,15H,6-9H2,1H3. The van der Waals surface area contributed by atoms with Crippen molar-refractivity contribution in [1.29, 1.82) is 0 Å². The number of hydrogen-bond donors (Lipinski definition) is 1. The van der Waals surface area contributed by atoms with Crippen LogP contribution >= 0.6 is 0 Å². The molecule has 0 amide bonds. The maximum atomic E-state index is 3.71. The average molecular weight is 201 g/mol. The molecule has 3 rings (SSSR count). The molecule has 0 spiro atoms. The van der Waals surface area contributed by atoms with Gasteiger partial charge in [-0.05, 0) is 49.7 Å². The summed E-state index contributed by atoms with van der Waals surface area (Å²) in [6, 6.07) is 10.5. The Balaban J connectivity index is 1.59.